The standard InChI is InChI=1S/2C14H10N3.C4H8O.2Cu.2N3/c2*1-3-9-15-11(5-1)13-7-8-14(17-13)12-6-2-4-10-16-12;1-2-4-5-3-1;;;2*1-3-2/h2*1-10H;1-4H2;;;;/q2*-1;;2*+2;2*-1. The maximum absolute atomic E-state index is 6.75. The molecular formula is C32H28Cu2N12O. The zero-order valence-electron chi connectivity index (χ0n) is 24.8. The molecule has 47 heavy (non-hydrogen) atoms. The van der Waals surface area contributed by atoms with E-state index < -0.39 is 0 Å². The third-order valence-corrected chi connectivity index (χ3v) is 5.82. The van der Waals surface area contributed by atoms with E-state index in [4.69, 9.17) is 26.9 Å². The SMILES string of the molecule is C1CCOC1.[Cu+2].[Cu+2].[N-]=[N+]=[N-].[N-]=[N+]=[N-].c1ccc(-c2ccc(-c3ccccn3)[n-]2)nc1.c1ccc(-c2ccc(-c3ccccn3)[n-]2)nc1. The molecule has 0 saturated carbocycles. The van der Waals surface area contributed by atoms with Crippen molar-refractivity contribution >= 4 is 0 Å². The van der Waals surface area contributed by atoms with Crippen LogP contribution >= 0.6 is 0 Å². The molecule has 244 valence electrons. The zero-order valence-corrected chi connectivity index (χ0v) is 26.6. The van der Waals surface area contributed by atoms with Gasteiger partial charge in [0.25, 0.3) is 0 Å². The summed E-state index contributed by atoms with van der Waals surface area (Å²) in [6, 6.07) is 31.1. The smallest absolute Gasteiger partial charge is 0.654 e. The molecule has 0 spiro atoms. The molecule has 15 heteroatoms. The van der Waals surface area contributed by atoms with Gasteiger partial charge in [0.1, 0.15) is 0 Å². The Bertz CT molecular complexity index is 1480. The van der Waals surface area contributed by atoms with Crippen LogP contribution in [0.1, 0.15) is 12.8 Å². The van der Waals surface area contributed by atoms with Gasteiger partial charge < -0.3 is 36.8 Å². The topological polar surface area (TPSA) is 206 Å². The van der Waals surface area contributed by atoms with Gasteiger partial charge >= 0.3 is 34.1 Å². The Balaban J connectivity index is 0.000000347. The van der Waals surface area contributed by atoms with Crippen LogP contribution in [0.4, 0.5) is 0 Å². The fraction of sp³-hybridized carbons (Fsp3) is 0.125. The van der Waals surface area contributed by atoms with Gasteiger partial charge in [0, 0.05) is 60.8 Å². The van der Waals surface area contributed by atoms with Crippen LogP contribution in [0.2, 0.25) is 0 Å². The summed E-state index contributed by atoms with van der Waals surface area (Å²) in [4.78, 5) is 29.1. The number of nitrogens with zero attached hydrogens (tertiary/aromatic N) is 12. The molecule has 1 aliphatic rings. The van der Waals surface area contributed by atoms with Gasteiger partial charge in [-0.25, -0.2) is 0 Å². The van der Waals surface area contributed by atoms with Crippen LogP contribution in [0, 0.1) is 0 Å². The molecule has 6 aromatic rings. The fourth-order valence-corrected chi connectivity index (χ4v) is 3.86. The van der Waals surface area contributed by atoms with E-state index in [2.05, 4.69) is 29.9 Å². The summed E-state index contributed by atoms with van der Waals surface area (Å²) >= 11 is 0. The van der Waals surface area contributed by atoms with Crippen molar-refractivity contribution in [2.45, 2.75) is 12.8 Å². The second kappa shape index (κ2) is 24.1. The molecule has 0 aliphatic carbocycles. The maximum Gasteiger partial charge on any atom is 2.00 e. The molecule has 0 amide bonds. The van der Waals surface area contributed by atoms with Crippen molar-refractivity contribution < 1.29 is 38.9 Å². The van der Waals surface area contributed by atoms with E-state index in [9.17, 15) is 0 Å². The first kappa shape index (κ1) is 39.8. The average molecular weight is 724 g/mol. The first-order chi connectivity index (χ1) is 22.2. The molecule has 1 fully saturated rings. The Kier molecular flexibility index (Phi) is 20.4. The number of pyridine rings is 4. The molecule has 2 radical (unpaired) electrons. The van der Waals surface area contributed by atoms with Crippen molar-refractivity contribution in [2.24, 2.45) is 0 Å². The Morgan fingerprint density at radius 2 is 0.702 bits per heavy atom. The Hall–Kier alpha value is -5.22. The van der Waals surface area contributed by atoms with E-state index in [0.29, 0.717) is 0 Å². The van der Waals surface area contributed by atoms with Crippen molar-refractivity contribution in [1.82, 2.24) is 29.9 Å². The zero-order chi connectivity index (χ0) is 32.0. The third-order valence-electron chi connectivity index (χ3n) is 5.82. The first-order valence-electron chi connectivity index (χ1n) is 13.7. The predicted octanol–water partition coefficient (Wildman–Crippen LogP) is 8.06. The van der Waals surface area contributed by atoms with Gasteiger partial charge in [-0.3, -0.25) is 29.8 Å². The van der Waals surface area contributed by atoms with Gasteiger partial charge in [0.05, 0.1) is 0 Å². The van der Waals surface area contributed by atoms with Crippen LogP contribution in [0.5, 0.6) is 0 Å². The minimum Gasteiger partial charge on any atom is -0.654 e. The van der Waals surface area contributed by atoms with E-state index in [0.717, 1.165) is 58.8 Å². The van der Waals surface area contributed by atoms with E-state index in [1.165, 1.54) is 22.7 Å². The summed E-state index contributed by atoms with van der Waals surface area (Å²) in [5, 5.41) is 0. The number of ether oxygens (including phenoxy) is 1. The van der Waals surface area contributed by atoms with Crippen LogP contribution in [-0.2, 0) is 38.9 Å². The molecule has 13 nitrogen and oxygen atoms in total. The molecular weight excluding hydrogens is 696 g/mol. The van der Waals surface area contributed by atoms with Crippen LogP contribution in [-0.4, -0.2) is 33.1 Å². The largest absolute Gasteiger partial charge is 2.00 e. The van der Waals surface area contributed by atoms with Crippen molar-refractivity contribution in [3.05, 3.63) is 154 Å². The second-order valence-corrected chi connectivity index (χ2v) is 8.79. The Morgan fingerprint density at radius 1 is 0.447 bits per heavy atom. The van der Waals surface area contributed by atoms with Gasteiger partial charge in [-0.05, 0) is 61.4 Å². The molecule has 0 aromatic carbocycles. The van der Waals surface area contributed by atoms with Crippen LogP contribution in [0.3, 0.4) is 0 Å². The van der Waals surface area contributed by atoms with Gasteiger partial charge in [0.15, 0.2) is 0 Å². The third kappa shape index (κ3) is 14.2. The number of hydrogen-bond donors (Lipinski definition) is 0. The molecule has 1 aliphatic heterocycles. The minimum atomic E-state index is 0. The van der Waals surface area contributed by atoms with Crippen molar-refractivity contribution in [2.75, 3.05) is 13.2 Å². The quantitative estimate of drug-likeness (QED) is 0.0755. The predicted molar refractivity (Wildman–Crippen MR) is 173 cm³/mol. The summed E-state index contributed by atoms with van der Waals surface area (Å²) < 4.78 is 4.94. The van der Waals surface area contributed by atoms with Crippen molar-refractivity contribution in [1.29, 1.82) is 0 Å². The van der Waals surface area contributed by atoms with Gasteiger partial charge in [-0.1, -0.05) is 48.5 Å². The van der Waals surface area contributed by atoms with Crippen LogP contribution in [0.25, 0.3) is 77.5 Å². The first-order valence-corrected chi connectivity index (χ1v) is 13.7. The molecule has 0 atom stereocenters. The monoisotopic (exact) mass is 722 g/mol. The van der Waals surface area contributed by atoms with Crippen LogP contribution < -0.4 is 9.97 Å². The summed E-state index contributed by atoms with van der Waals surface area (Å²) in [6.45, 7) is 2.00. The fourth-order valence-electron chi connectivity index (χ4n) is 3.86. The Morgan fingerprint density at radius 3 is 0.872 bits per heavy atom. The number of rotatable bonds is 4. The number of hydrogen-bond acceptors (Lipinski definition) is 5. The van der Waals surface area contributed by atoms with E-state index in [1.54, 1.807) is 24.8 Å². The van der Waals surface area contributed by atoms with Gasteiger partial charge in [0.2, 0.25) is 0 Å². The van der Waals surface area contributed by atoms with E-state index in [-0.39, 0.29) is 34.1 Å². The van der Waals surface area contributed by atoms with Gasteiger partial charge in [-0.15, -0.1) is 22.8 Å². The number of aromatic nitrogens is 6. The molecule has 0 bridgehead atoms. The average Bonchev–Trinajstić information content (AvgIpc) is 3.92. The van der Waals surface area contributed by atoms with E-state index >= 15 is 0 Å². The maximum atomic E-state index is 6.75. The molecule has 0 unspecified atom stereocenters. The molecule has 0 N–H and O–H groups in total. The summed E-state index contributed by atoms with van der Waals surface area (Å²) in [6.07, 6.45) is 9.63. The van der Waals surface area contributed by atoms with Crippen LogP contribution in [0.15, 0.2) is 122 Å². The Labute approximate surface area is 293 Å². The van der Waals surface area contributed by atoms with E-state index in [1.807, 2.05) is 97.1 Å². The normalized spacial score (nSPS) is 10.4. The second-order valence-electron chi connectivity index (χ2n) is 8.79. The molecule has 6 aromatic heterocycles. The van der Waals surface area contributed by atoms with Crippen molar-refractivity contribution in [3.8, 4) is 45.6 Å². The van der Waals surface area contributed by atoms with Gasteiger partial charge in [-0.2, -0.15) is 0 Å². The minimum absolute atomic E-state index is 0. The van der Waals surface area contributed by atoms with Crippen molar-refractivity contribution in [3.63, 3.8) is 0 Å². The summed E-state index contributed by atoms with van der Waals surface area (Å²) in [7, 11) is 0. The summed E-state index contributed by atoms with van der Waals surface area (Å²) in [5.41, 5.74) is 34.1. The summed E-state index contributed by atoms with van der Waals surface area (Å²) in [5.74, 6) is 0. The molecule has 7 rings (SSSR count). The molecule has 1 saturated heterocycles. The molecule has 7 heterocycles.